The summed E-state index contributed by atoms with van der Waals surface area (Å²) >= 11 is 0. The fraction of sp³-hybridized carbons (Fsp3) is 0.409. The van der Waals surface area contributed by atoms with Gasteiger partial charge in [-0.1, -0.05) is 80.9 Å². The predicted octanol–water partition coefficient (Wildman–Crippen LogP) is 4.70. The largest absolute Gasteiger partial charge is 0.293 e. The topological polar surface area (TPSA) is 20.3 Å². The van der Waals surface area contributed by atoms with Crippen LogP contribution in [0.3, 0.4) is 0 Å². The molecule has 0 amide bonds. The minimum absolute atomic E-state index is 0.123. The van der Waals surface area contributed by atoms with Gasteiger partial charge in [0.05, 0.1) is 6.04 Å². The van der Waals surface area contributed by atoms with Gasteiger partial charge in [-0.2, -0.15) is 0 Å². The lowest BCUT2D eigenvalue weighted by molar-refractivity contribution is 0.0647. The second-order valence-electron chi connectivity index (χ2n) is 7.32. The first-order chi connectivity index (χ1) is 11.6. The molecule has 0 aromatic heterocycles. The molecule has 1 aliphatic rings. The summed E-state index contributed by atoms with van der Waals surface area (Å²) in [5.74, 6) is 0.242. The Morgan fingerprint density at radius 2 is 1.42 bits per heavy atom. The Morgan fingerprint density at radius 1 is 0.875 bits per heavy atom. The first-order valence-corrected chi connectivity index (χ1v) is 8.99. The molecular formula is C22H27NO. The second-order valence-corrected chi connectivity index (χ2v) is 7.32. The highest BCUT2D eigenvalue weighted by Crippen LogP contribution is 2.34. The molecule has 0 radical (unpaired) electrons. The molecule has 126 valence electrons. The third-order valence-electron chi connectivity index (χ3n) is 5.26. The Labute approximate surface area is 145 Å². The molecule has 0 aliphatic carbocycles. The van der Waals surface area contributed by atoms with Gasteiger partial charge in [-0.15, -0.1) is 0 Å². The van der Waals surface area contributed by atoms with E-state index in [2.05, 4.69) is 43.0 Å². The molecule has 2 aromatic carbocycles. The molecule has 1 fully saturated rings. The van der Waals surface area contributed by atoms with Crippen LogP contribution in [-0.4, -0.2) is 29.8 Å². The molecule has 2 heteroatoms. The van der Waals surface area contributed by atoms with Crippen molar-refractivity contribution < 1.29 is 4.79 Å². The second kappa shape index (κ2) is 7.31. The van der Waals surface area contributed by atoms with Crippen LogP contribution in [0, 0.1) is 0 Å². The number of ketones is 1. The summed E-state index contributed by atoms with van der Waals surface area (Å²) in [7, 11) is 0. The van der Waals surface area contributed by atoms with E-state index in [1.54, 1.807) is 0 Å². The standard InChI is InChI=1S/C22H27NO/c1-22(2,19-14-8-4-9-15-19)21(23-16-10-5-11-17-23)20(24)18-12-6-3-7-13-18/h3-4,6-9,12-15,21H,5,10-11,16-17H2,1-2H3. The number of Topliss-reactive ketones (excluding diaryl/α,β-unsaturated/α-hetero) is 1. The highest BCUT2D eigenvalue weighted by molar-refractivity contribution is 6.01. The maximum atomic E-state index is 13.4. The molecule has 1 atom stereocenters. The monoisotopic (exact) mass is 321 g/mol. The van der Waals surface area contributed by atoms with Gasteiger partial charge < -0.3 is 0 Å². The van der Waals surface area contributed by atoms with Crippen LogP contribution in [-0.2, 0) is 5.41 Å². The van der Waals surface area contributed by atoms with E-state index in [1.165, 1.54) is 24.8 Å². The third-order valence-corrected chi connectivity index (χ3v) is 5.26. The summed E-state index contributed by atoms with van der Waals surface area (Å²) in [6.45, 7) is 6.45. The summed E-state index contributed by atoms with van der Waals surface area (Å²) in [5.41, 5.74) is 1.81. The fourth-order valence-electron chi connectivity index (χ4n) is 3.91. The summed E-state index contributed by atoms with van der Waals surface area (Å²) in [4.78, 5) is 15.8. The van der Waals surface area contributed by atoms with Crippen LogP contribution in [0.25, 0.3) is 0 Å². The minimum Gasteiger partial charge on any atom is -0.293 e. The number of benzene rings is 2. The Balaban J connectivity index is 2.00. The lowest BCUT2D eigenvalue weighted by Crippen LogP contribution is -2.54. The molecular weight excluding hydrogens is 294 g/mol. The highest BCUT2D eigenvalue weighted by atomic mass is 16.1. The summed E-state index contributed by atoms with van der Waals surface area (Å²) < 4.78 is 0. The van der Waals surface area contributed by atoms with E-state index in [1.807, 2.05) is 36.4 Å². The van der Waals surface area contributed by atoms with Gasteiger partial charge in [0.2, 0.25) is 0 Å². The molecule has 1 saturated heterocycles. The summed E-state index contributed by atoms with van der Waals surface area (Å²) in [5, 5.41) is 0. The zero-order chi connectivity index (χ0) is 17.0. The van der Waals surface area contributed by atoms with Crippen molar-refractivity contribution in [2.24, 2.45) is 0 Å². The van der Waals surface area contributed by atoms with Crippen molar-refractivity contribution in [1.29, 1.82) is 0 Å². The number of carbonyl (C=O) groups excluding carboxylic acids is 1. The van der Waals surface area contributed by atoms with E-state index in [0.717, 1.165) is 18.7 Å². The quantitative estimate of drug-likeness (QED) is 0.744. The number of hydrogen-bond donors (Lipinski definition) is 0. The van der Waals surface area contributed by atoms with Gasteiger partial charge in [-0.05, 0) is 31.5 Å². The lowest BCUT2D eigenvalue weighted by Gasteiger charge is -2.43. The molecule has 1 heterocycles. The molecule has 0 saturated carbocycles. The molecule has 2 aromatic rings. The summed E-state index contributed by atoms with van der Waals surface area (Å²) in [6.07, 6.45) is 3.64. The van der Waals surface area contributed by atoms with Crippen molar-refractivity contribution in [3.63, 3.8) is 0 Å². The zero-order valence-electron chi connectivity index (χ0n) is 14.7. The van der Waals surface area contributed by atoms with E-state index in [-0.39, 0.29) is 17.2 Å². The van der Waals surface area contributed by atoms with Gasteiger partial charge in [0, 0.05) is 11.0 Å². The van der Waals surface area contributed by atoms with Gasteiger partial charge >= 0.3 is 0 Å². The van der Waals surface area contributed by atoms with E-state index in [9.17, 15) is 4.79 Å². The van der Waals surface area contributed by atoms with Crippen LogP contribution in [0.5, 0.6) is 0 Å². The Morgan fingerprint density at radius 3 is 2.00 bits per heavy atom. The van der Waals surface area contributed by atoms with Gasteiger partial charge in [-0.25, -0.2) is 0 Å². The van der Waals surface area contributed by atoms with E-state index in [0.29, 0.717) is 0 Å². The van der Waals surface area contributed by atoms with Crippen LogP contribution < -0.4 is 0 Å². The van der Waals surface area contributed by atoms with Crippen LogP contribution in [0.4, 0.5) is 0 Å². The van der Waals surface area contributed by atoms with Gasteiger partial charge in [0.25, 0.3) is 0 Å². The van der Waals surface area contributed by atoms with Crippen molar-refractivity contribution in [1.82, 2.24) is 4.90 Å². The molecule has 0 spiro atoms. The number of likely N-dealkylation sites (tertiary alicyclic amines) is 1. The van der Waals surface area contributed by atoms with Crippen LogP contribution in [0.1, 0.15) is 49.0 Å². The van der Waals surface area contributed by atoms with Crippen molar-refractivity contribution in [2.45, 2.75) is 44.6 Å². The van der Waals surface area contributed by atoms with Crippen molar-refractivity contribution in [3.8, 4) is 0 Å². The predicted molar refractivity (Wildman–Crippen MR) is 99.5 cm³/mol. The Kier molecular flexibility index (Phi) is 5.15. The van der Waals surface area contributed by atoms with Crippen molar-refractivity contribution in [3.05, 3.63) is 71.8 Å². The van der Waals surface area contributed by atoms with Crippen LogP contribution >= 0.6 is 0 Å². The molecule has 2 nitrogen and oxygen atoms in total. The fourth-order valence-corrected chi connectivity index (χ4v) is 3.91. The molecule has 0 bridgehead atoms. The minimum atomic E-state index is -0.231. The van der Waals surface area contributed by atoms with Crippen LogP contribution in [0.2, 0.25) is 0 Å². The average molecular weight is 321 g/mol. The van der Waals surface area contributed by atoms with Crippen LogP contribution in [0.15, 0.2) is 60.7 Å². The zero-order valence-corrected chi connectivity index (χ0v) is 14.7. The number of carbonyl (C=O) groups is 1. The van der Waals surface area contributed by atoms with Crippen molar-refractivity contribution >= 4 is 5.78 Å². The summed E-state index contributed by atoms with van der Waals surface area (Å²) in [6, 6.07) is 20.1. The molecule has 0 N–H and O–H groups in total. The van der Waals surface area contributed by atoms with Gasteiger partial charge in [0.15, 0.2) is 5.78 Å². The smallest absolute Gasteiger partial charge is 0.180 e. The third kappa shape index (κ3) is 3.44. The van der Waals surface area contributed by atoms with Gasteiger partial charge in [-0.3, -0.25) is 9.69 Å². The lowest BCUT2D eigenvalue weighted by atomic mass is 9.73. The molecule has 24 heavy (non-hydrogen) atoms. The number of nitrogens with zero attached hydrogens (tertiary/aromatic N) is 1. The number of rotatable bonds is 5. The maximum Gasteiger partial charge on any atom is 0.180 e. The van der Waals surface area contributed by atoms with Gasteiger partial charge in [0.1, 0.15) is 0 Å². The number of piperidine rings is 1. The van der Waals surface area contributed by atoms with E-state index >= 15 is 0 Å². The average Bonchev–Trinajstić information content (AvgIpc) is 2.64. The Bertz CT molecular complexity index is 657. The normalized spacial score (nSPS) is 17.4. The first-order valence-electron chi connectivity index (χ1n) is 8.99. The molecule has 1 unspecified atom stereocenters. The SMILES string of the molecule is CC(C)(c1ccccc1)C(C(=O)c1ccccc1)N1CCCCC1. The van der Waals surface area contributed by atoms with E-state index in [4.69, 9.17) is 0 Å². The van der Waals surface area contributed by atoms with Crippen molar-refractivity contribution in [2.75, 3.05) is 13.1 Å². The molecule has 1 aliphatic heterocycles. The van der Waals surface area contributed by atoms with E-state index < -0.39 is 0 Å². The first kappa shape index (κ1) is 16.9. The molecule has 3 rings (SSSR count). The highest BCUT2D eigenvalue weighted by Gasteiger charge is 2.41. The number of hydrogen-bond acceptors (Lipinski definition) is 2. The Hall–Kier alpha value is -1.93. The maximum absolute atomic E-state index is 13.4.